The van der Waals surface area contributed by atoms with Gasteiger partial charge in [0.1, 0.15) is 0 Å². The van der Waals surface area contributed by atoms with Gasteiger partial charge in [-0.25, -0.2) is 4.98 Å². The monoisotopic (exact) mass is 210 g/mol. The van der Waals surface area contributed by atoms with Gasteiger partial charge >= 0.3 is 5.97 Å². The van der Waals surface area contributed by atoms with Crippen molar-refractivity contribution in [1.29, 1.82) is 0 Å². The maximum Gasteiger partial charge on any atom is 0.303 e. The summed E-state index contributed by atoms with van der Waals surface area (Å²) in [6, 6.07) is 0. The van der Waals surface area contributed by atoms with E-state index < -0.39 is 5.97 Å². The van der Waals surface area contributed by atoms with Crippen molar-refractivity contribution in [3.8, 4) is 0 Å². The molecule has 1 rings (SSSR count). The summed E-state index contributed by atoms with van der Waals surface area (Å²) in [5.74, 6) is -0.745. The Morgan fingerprint density at radius 3 is 2.67 bits per heavy atom. The van der Waals surface area contributed by atoms with E-state index in [0.717, 1.165) is 12.1 Å². The van der Waals surface area contributed by atoms with E-state index in [9.17, 15) is 4.79 Å². The molecule has 0 aliphatic rings. The minimum absolute atomic E-state index is 0.0397. The highest BCUT2D eigenvalue weighted by Gasteiger charge is 2.12. The summed E-state index contributed by atoms with van der Waals surface area (Å²) < 4.78 is 2.04. The summed E-state index contributed by atoms with van der Waals surface area (Å²) in [6.45, 7) is 6.32. The molecule has 4 nitrogen and oxygen atoms in total. The number of rotatable bonds is 4. The molecule has 15 heavy (non-hydrogen) atoms. The molecule has 84 valence electrons. The Balaban J connectivity index is 2.50. The molecule has 1 aromatic heterocycles. The second-order valence-electron chi connectivity index (χ2n) is 4.69. The third-order valence-electron chi connectivity index (χ3n) is 2.23. The van der Waals surface area contributed by atoms with Crippen molar-refractivity contribution in [1.82, 2.24) is 9.55 Å². The summed E-state index contributed by atoms with van der Waals surface area (Å²) in [4.78, 5) is 14.6. The quantitative estimate of drug-likeness (QED) is 0.827. The smallest absolute Gasteiger partial charge is 0.303 e. The molecule has 0 fully saturated rings. The normalized spacial score (nSPS) is 11.7. The molecular weight excluding hydrogens is 192 g/mol. The van der Waals surface area contributed by atoms with Crippen LogP contribution in [0.2, 0.25) is 0 Å². The molecule has 0 amide bonds. The fourth-order valence-electron chi connectivity index (χ4n) is 1.28. The number of carbonyl (C=O) groups is 1. The first-order chi connectivity index (χ1) is 6.89. The number of carboxylic acid groups (broad SMARTS) is 1. The minimum atomic E-state index is -0.745. The minimum Gasteiger partial charge on any atom is -0.481 e. The number of aryl methyl sites for hydroxylation is 1. The predicted molar refractivity (Wildman–Crippen MR) is 57.8 cm³/mol. The molecule has 0 bridgehead atoms. The molecule has 0 saturated heterocycles. The van der Waals surface area contributed by atoms with Crippen LogP contribution in [0.15, 0.2) is 12.5 Å². The summed E-state index contributed by atoms with van der Waals surface area (Å²) >= 11 is 0. The average molecular weight is 210 g/mol. The number of nitrogens with zero attached hydrogens (tertiary/aromatic N) is 2. The van der Waals surface area contributed by atoms with Gasteiger partial charge in [0.15, 0.2) is 0 Å². The summed E-state index contributed by atoms with van der Waals surface area (Å²) in [5, 5.41) is 8.50. The topological polar surface area (TPSA) is 55.1 Å². The van der Waals surface area contributed by atoms with Gasteiger partial charge in [0.05, 0.1) is 12.0 Å². The third-order valence-corrected chi connectivity index (χ3v) is 2.23. The largest absolute Gasteiger partial charge is 0.481 e. The van der Waals surface area contributed by atoms with E-state index in [1.165, 1.54) is 0 Å². The van der Waals surface area contributed by atoms with Gasteiger partial charge in [-0.15, -0.1) is 0 Å². The molecule has 0 unspecified atom stereocenters. The fourth-order valence-corrected chi connectivity index (χ4v) is 1.28. The lowest BCUT2D eigenvalue weighted by Crippen LogP contribution is -2.19. The van der Waals surface area contributed by atoms with Gasteiger partial charge in [0, 0.05) is 18.2 Å². The molecule has 0 atom stereocenters. The highest BCUT2D eigenvalue weighted by Crippen LogP contribution is 2.14. The summed E-state index contributed by atoms with van der Waals surface area (Å²) in [6.07, 6.45) is 5.38. The zero-order valence-corrected chi connectivity index (χ0v) is 9.53. The summed E-state index contributed by atoms with van der Waals surface area (Å²) in [7, 11) is 0. The fraction of sp³-hybridized carbons (Fsp3) is 0.636. The predicted octanol–water partition coefficient (Wildman–Crippen LogP) is 2.05. The van der Waals surface area contributed by atoms with Gasteiger partial charge in [0.25, 0.3) is 0 Å². The molecular formula is C11H18N2O2. The van der Waals surface area contributed by atoms with Crippen LogP contribution in [0.25, 0.3) is 0 Å². The zero-order valence-electron chi connectivity index (χ0n) is 9.53. The van der Waals surface area contributed by atoms with Crippen molar-refractivity contribution in [3.05, 3.63) is 18.2 Å². The first-order valence-corrected chi connectivity index (χ1v) is 5.15. The molecule has 0 radical (unpaired) electrons. The van der Waals surface area contributed by atoms with E-state index >= 15 is 0 Å². The van der Waals surface area contributed by atoms with Crippen LogP contribution in [0.1, 0.15) is 39.3 Å². The Kier molecular flexibility index (Phi) is 3.50. The van der Waals surface area contributed by atoms with Gasteiger partial charge in [-0.3, -0.25) is 4.79 Å². The second kappa shape index (κ2) is 4.47. The molecule has 1 heterocycles. The maximum absolute atomic E-state index is 10.3. The molecule has 1 N–H and O–H groups in total. The molecule has 0 aliphatic heterocycles. The Morgan fingerprint density at radius 1 is 1.53 bits per heavy atom. The number of aromatic nitrogens is 2. The molecule has 0 aliphatic carbocycles. The van der Waals surface area contributed by atoms with Crippen LogP contribution < -0.4 is 0 Å². The van der Waals surface area contributed by atoms with Crippen molar-refractivity contribution in [2.45, 2.75) is 45.6 Å². The van der Waals surface area contributed by atoms with Gasteiger partial charge in [-0.05, 0) is 33.6 Å². The zero-order chi connectivity index (χ0) is 11.5. The van der Waals surface area contributed by atoms with Crippen LogP contribution in [-0.4, -0.2) is 20.6 Å². The maximum atomic E-state index is 10.3. The van der Waals surface area contributed by atoms with E-state index in [2.05, 4.69) is 25.8 Å². The third kappa shape index (κ3) is 3.73. The van der Waals surface area contributed by atoms with Crippen molar-refractivity contribution >= 4 is 5.97 Å². The summed E-state index contributed by atoms with van der Waals surface area (Å²) in [5.41, 5.74) is 1.00. The molecule has 4 heteroatoms. The Morgan fingerprint density at radius 2 is 2.20 bits per heavy atom. The van der Waals surface area contributed by atoms with Crippen molar-refractivity contribution < 1.29 is 9.90 Å². The van der Waals surface area contributed by atoms with Crippen molar-refractivity contribution in [2.75, 3.05) is 0 Å². The molecule has 0 saturated carbocycles. The molecule has 0 aromatic carbocycles. The van der Waals surface area contributed by atoms with Crippen molar-refractivity contribution in [3.63, 3.8) is 0 Å². The first-order valence-electron chi connectivity index (χ1n) is 5.15. The van der Waals surface area contributed by atoms with Crippen LogP contribution in [0, 0.1) is 0 Å². The standard InChI is InChI=1S/C11H18N2O2/c1-11(2,3)13-7-9(12-8-13)5-4-6-10(14)15/h7-8H,4-6H2,1-3H3,(H,14,15). The number of hydrogen-bond acceptors (Lipinski definition) is 2. The van der Waals surface area contributed by atoms with Crippen LogP contribution in [0.3, 0.4) is 0 Å². The van der Waals surface area contributed by atoms with Crippen LogP contribution >= 0.6 is 0 Å². The van der Waals surface area contributed by atoms with Crippen LogP contribution in [0.4, 0.5) is 0 Å². The average Bonchev–Trinajstić information content (AvgIpc) is 2.51. The molecule has 1 aromatic rings. The lowest BCUT2D eigenvalue weighted by molar-refractivity contribution is -0.137. The van der Waals surface area contributed by atoms with Gasteiger partial charge in [-0.1, -0.05) is 0 Å². The van der Waals surface area contributed by atoms with Crippen LogP contribution in [0.5, 0.6) is 0 Å². The van der Waals surface area contributed by atoms with E-state index in [0.29, 0.717) is 6.42 Å². The van der Waals surface area contributed by atoms with E-state index in [4.69, 9.17) is 5.11 Å². The number of aliphatic carboxylic acids is 1. The van der Waals surface area contributed by atoms with E-state index in [1.54, 1.807) is 6.33 Å². The van der Waals surface area contributed by atoms with E-state index in [-0.39, 0.29) is 12.0 Å². The molecule has 0 spiro atoms. The Labute approximate surface area is 89.9 Å². The Hall–Kier alpha value is -1.32. The lowest BCUT2D eigenvalue weighted by Gasteiger charge is -2.19. The highest BCUT2D eigenvalue weighted by molar-refractivity contribution is 5.66. The van der Waals surface area contributed by atoms with Gasteiger partial charge in [-0.2, -0.15) is 0 Å². The first kappa shape index (κ1) is 11.8. The van der Waals surface area contributed by atoms with Gasteiger partial charge < -0.3 is 9.67 Å². The SMILES string of the molecule is CC(C)(C)n1cnc(CCCC(=O)O)c1. The van der Waals surface area contributed by atoms with Crippen LogP contribution in [-0.2, 0) is 16.8 Å². The number of hydrogen-bond donors (Lipinski definition) is 1. The Bertz CT molecular complexity index is 337. The highest BCUT2D eigenvalue weighted by atomic mass is 16.4. The second-order valence-corrected chi connectivity index (χ2v) is 4.69. The van der Waals surface area contributed by atoms with Crippen molar-refractivity contribution in [2.24, 2.45) is 0 Å². The number of carboxylic acids is 1. The number of imidazole rings is 1. The van der Waals surface area contributed by atoms with Gasteiger partial charge in [0.2, 0.25) is 0 Å². The lowest BCUT2D eigenvalue weighted by atomic mass is 10.1. The van der Waals surface area contributed by atoms with E-state index in [1.807, 2.05) is 10.8 Å².